The van der Waals surface area contributed by atoms with Gasteiger partial charge in [-0.25, -0.2) is 0 Å². The number of rotatable bonds is 4. The lowest BCUT2D eigenvalue weighted by Gasteiger charge is -2.24. The highest BCUT2D eigenvalue weighted by Crippen LogP contribution is 2.37. The van der Waals surface area contributed by atoms with Crippen molar-refractivity contribution in [3.8, 4) is 11.5 Å². The van der Waals surface area contributed by atoms with E-state index in [0.29, 0.717) is 25.6 Å². The van der Waals surface area contributed by atoms with E-state index in [4.69, 9.17) is 14.0 Å². The first-order valence-corrected chi connectivity index (χ1v) is 10.3. The van der Waals surface area contributed by atoms with Crippen LogP contribution in [0.4, 0.5) is 5.88 Å². The van der Waals surface area contributed by atoms with E-state index in [-0.39, 0.29) is 17.4 Å². The SMILES string of the molecule is CC(C)(C)c1cc(NC(=O)CN2CCC[C@H]2c2ccc3c(c2)OCCCO3)on1. The molecule has 1 fully saturated rings. The molecule has 2 aliphatic rings. The quantitative estimate of drug-likeness (QED) is 0.840. The fourth-order valence-electron chi connectivity index (χ4n) is 3.83. The van der Waals surface area contributed by atoms with Crippen molar-refractivity contribution < 1.29 is 18.8 Å². The third kappa shape index (κ3) is 4.56. The smallest absolute Gasteiger partial charge is 0.240 e. The van der Waals surface area contributed by atoms with Crippen LogP contribution in [0.2, 0.25) is 0 Å². The largest absolute Gasteiger partial charge is 0.490 e. The van der Waals surface area contributed by atoms with E-state index < -0.39 is 0 Å². The van der Waals surface area contributed by atoms with E-state index in [1.165, 1.54) is 0 Å². The van der Waals surface area contributed by atoms with Crippen molar-refractivity contribution in [3.63, 3.8) is 0 Å². The number of ether oxygens (including phenoxy) is 2. The van der Waals surface area contributed by atoms with Crippen LogP contribution in [0.3, 0.4) is 0 Å². The van der Waals surface area contributed by atoms with Gasteiger partial charge in [0.25, 0.3) is 0 Å². The molecule has 1 N–H and O–H groups in total. The molecule has 3 heterocycles. The van der Waals surface area contributed by atoms with Gasteiger partial charge in [-0.15, -0.1) is 0 Å². The number of hydrogen-bond donors (Lipinski definition) is 1. The van der Waals surface area contributed by atoms with Gasteiger partial charge in [0.1, 0.15) is 0 Å². The third-order valence-electron chi connectivity index (χ3n) is 5.41. The second-order valence-electron chi connectivity index (χ2n) is 8.76. The van der Waals surface area contributed by atoms with Gasteiger partial charge in [-0.1, -0.05) is 32.0 Å². The fraction of sp³-hybridized carbons (Fsp3) is 0.545. The fourth-order valence-corrected chi connectivity index (χ4v) is 3.83. The molecule has 0 radical (unpaired) electrons. The molecule has 2 aromatic rings. The molecule has 2 aliphatic heterocycles. The molecule has 4 rings (SSSR count). The molecule has 1 aromatic heterocycles. The molecule has 0 saturated carbocycles. The van der Waals surface area contributed by atoms with Gasteiger partial charge in [0, 0.05) is 23.9 Å². The Kier molecular flexibility index (Phi) is 5.50. The van der Waals surface area contributed by atoms with E-state index in [1.54, 1.807) is 6.07 Å². The van der Waals surface area contributed by atoms with Crippen molar-refractivity contribution in [1.29, 1.82) is 0 Å². The van der Waals surface area contributed by atoms with Gasteiger partial charge < -0.3 is 14.0 Å². The first-order valence-electron chi connectivity index (χ1n) is 10.3. The summed E-state index contributed by atoms with van der Waals surface area (Å²) in [4.78, 5) is 14.8. The van der Waals surface area contributed by atoms with Crippen molar-refractivity contribution in [2.24, 2.45) is 0 Å². The Morgan fingerprint density at radius 1 is 1.17 bits per heavy atom. The lowest BCUT2D eigenvalue weighted by Crippen LogP contribution is -2.32. The lowest BCUT2D eigenvalue weighted by atomic mass is 9.92. The van der Waals surface area contributed by atoms with Crippen LogP contribution in [0.5, 0.6) is 11.5 Å². The van der Waals surface area contributed by atoms with Crippen LogP contribution in [0.1, 0.15) is 57.3 Å². The number of amides is 1. The maximum absolute atomic E-state index is 12.6. The van der Waals surface area contributed by atoms with Crippen LogP contribution in [-0.4, -0.2) is 42.3 Å². The summed E-state index contributed by atoms with van der Waals surface area (Å²) in [6.07, 6.45) is 2.96. The Morgan fingerprint density at radius 2 is 1.97 bits per heavy atom. The average molecular weight is 399 g/mol. The number of carbonyl (C=O) groups is 1. The Hall–Kier alpha value is -2.54. The number of benzene rings is 1. The Balaban J connectivity index is 1.41. The van der Waals surface area contributed by atoms with Gasteiger partial charge in [0.2, 0.25) is 11.8 Å². The number of fused-ring (bicyclic) bond motifs is 1. The van der Waals surface area contributed by atoms with Crippen LogP contribution >= 0.6 is 0 Å². The van der Waals surface area contributed by atoms with Gasteiger partial charge >= 0.3 is 0 Å². The zero-order valence-corrected chi connectivity index (χ0v) is 17.4. The lowest BCUT2D eigenvalue weighted by molar-refractivity contribution is -0.117. The molecule has 7 heteroatoms. The first kappa shape index (κ1) is 19.8. The second kappa shape index (κ2) is 8.06. The monoisotopic (exact) mass is 399 g/mol. The van der Waals surface area contributed by atoms with Crippen LogP contribution in [-0.2, 0) is 10.2 Å². The van der Waals surface area contributed by atoms with Crippen LogP contribution in [0.15, 0.2) is 28.8 Å². The van der Waals surface area contributed by atoms with Crippen LogP contribution < -0.4 is 14.8 Å². The Morgan fingerprint density at radius 3 is 2.72 bits per heavy atom. The van der Waals surface area contributed by atoms with Crippen molar-refractivity contribution in [2.75, 3.05) is 31.6 Å². The molecule has 1 saturated heterocycles. The van der Waals surface area contributed by atoms with Crippen molar-refractivity contribution in [3.05, 3.63) is 35.5 Å². The molecular weight excluding hydrogens is 370 g/mol. The second-order valence-corrected chi connectivity index (χ2v) is 8.76. The Bertz CT molecular complexity index is 871. The molecule has 156 valence electrons. The standard InChI is InChI=1S/C22H29N3O4/c1-22(2,3)19-13-21(29-24-19)23-20(26)14-25-9-4-6-16(25)15-7-8-17-18(12-15)28-11-5-10-27-17/h7-8,12-13,16H,4-6,9-11,14H2,1-3H3,(H,23,26)/t16-/m0/s1. The van der Waals surface area contributed by atoms with Gasteiger partial charge in [-0.05, 0) is 37.1 Å². The summed E-state index contributed by atoms with van der Waals surface area (Å²) in [5.41, 5.74) is 1.86. The highest BCUT2D eigenvalue weighted by Gasteiger charge is 2.29. The van der Waals surface area contributed by atoms with E-state index >= 15 is 0 Å². The first-order chi connectivity index (χ1) is 13.9. The highest BCUT2D eigenvalue weighted by molar-refractivity contribution is 5.91. The molecule has 1 atom stereocenters. The van der Waals surface area contributed by atoms with Crippen LogP contribution in [0, 0.1) is 0 Å². The number of nitrogens with one attached hydrogen (secondary N) is 1. The molecule has 0 bridgehead atoms. The Labute approximate surface area is 171 Å². The molecule has 0 spiro atoms. The number of nitrogens with zero attached hydrogens (tertiary/aromatic N) is 2. The van der Waals surface area contributed by atoms with Crippen molar-refractivity contribution in [2.45, 2.75) is 51.5 Å². The van der Waals surface area contributed by atoms with Gasteiger partial charge in [-0.2, -0.15) is 0 Å². The summed E-state index contributed by atoms with van der Waals surface area (Å²) < 4.78 is 16.8. The summed E-state index contributed by atoms with van der Waals surface area (Å²) in [5, 5.41) is 6.89. The normalized spacial score (nSPS) is 19.8. The van der Waals surface area contributed by atoms with Crippen molar-refractivity contribution >= 4 is 11.8 Å². The zero-order valence-electron chi connectivity index (χ0n) is 17.4. The molecule has 29 heavy (non-hydrogen) atoms. The number of anilines is 1. The topological polar surface area (TPSA) is 76.8 Å². The summed E-state index contributed by atoms with van der Waals surface area (Å²) in [7, 11) is 0. The van der Waals surface area contributed by atoms with Crippen molar-refractivity contribution in [1.82, 2.24) is 10.1 Å². The minimum atomic E-state index is -0.121. The summed E-state index contributed by atoms with van der Waals surface area (Å²) >= 11 is 0. The maximum Gasteiger partial charge on any atom is 0.240 e. The third-order valence-corrected chi connectivity index (χ3v) is 5.41. The molecule has 1 amide bonds. The van der Waals surface area contributed by atoms with E-state index in [2.05, 4.69) is 48.3 Å². The van der Waals surface area contributed by atoms with E-state index in [0.717, 1.165) is 48.6 Å². The van der Waals surface area contributed by atoms with Gasteiger partial charge in [-0.3, -0.25) is 15.0 Å². The summed E-state index contributed by atoms with van der Waals surface area (Å²) in [6, 6.07) is 8.12. The van der Waals surface area contributed by atoms with Gasteiger partial charge in [0.15, 0.2) is 11.5 Å². The predicted octanol–water partition coefficient (Wildman–Crippen LogP) is 3.91. The molecule has 0 aliphatic carbocycles. The summed E-state index contributed by atoms with van der Waals surface area (Å²) in [6.45, 7) is 8.71. The number of aromatic nitrogens is 1. The molecule has 7 nitrogen and oxygen atoms in total. The minimum Gasteiger partial charge on any atom is -0.490 e. The number of likely N-dealkylation sites (tertiary alicyclic amines) is 1. The molecule has 1 aromatic carbocycles. The van der Waals surface area contributed by atoms with Crippen LogP contribution in [0.25, 0.3) is 0 Å². The highest BCUT2D eigenvalue weighted by atomic mass is 16.5. The van der Waals surface area contributed by atoms with E-state index in [1.807, 2.05) is 6.07 Å². The number of hydrogen-bond acceptors (Lipinski definition) is 6. The average Bonchev–Trinajstić information content (AvgIpc) is 3.25. The minimum absolute atomic E-state index is 0.0946. The molecular formula is C22H29N3O4. The maximum atomic E-state index is 12.6. The van der Waals surface area contributed by atoms with E-state index in [9.17, 15) is 4.79 Å². The molecule has 0 unspecified atom stereocenters. The van der Waals surface area contributed by atoms with Gasteiger partial charge in [0.05, 0.1) is 25.5 Å². The number of carbonyl (C=O) groups excluding carboxylic acids is 1. The zero-order chi connectivity index (χ0) is 20.4. The predicted molar refractivity (Wildman–Crippen MR) is 109 cm³/mol. The summed E-state index contributed by atoms with van der Waals surface area (Å²) in [5.74, 6) is 1.90.